The summed E-state index contributed by atoms with van der Waals surface area (Å²) in [6.07, 6.45) is 5.81. The fourth-order valence-electron chi connectivity index (χ4n) is 2.25. The molecule has 3 heterocycles. The number of carbonyl (C=O) groups is 2. The summed E-state index contributed by atoms with van der Waals surface area (Å²) in [5.74, 6) is 0.603. The maximum atomic E-state index is 12.6. The molecule has 2 N–H and O–H groups in total. The van der Waals surface area contributed by atoms with E-state index in [-0.39, 0.29) is 5.56 Å². The van der Waals surface area contributed by atoms with Gasteiger partial charge in [-0.1, -0.05) is 12.1 Å². The number of H-pyrrole nitrogens is 1. The fourth-order valence-corrected chi connectivity index (χ4v) is 2.25. The quantitative estimate of drug-likeness (QED) is 0.709. The van der Waals surface area contributed by atoms with Crippen LogP contribution in [0.15, 0.2) is 47.7 Å². The van der Waals surface area contributed by atoms with Gasteiger partial charge in [-0.3, -0.25) is 14.9 Å². The van der Waals surface area contributed by atoms with Crippen LogP contribution in [0.3, 0.4) is 0 Å². The third-order valence-corrected chi connectivity index (χ3v) is 3.42. The minimum absolute atomic E-state index is 0.0623. The Morgan fingerprint density at radius 2 is 1.71 bits per heavy atom. The van der Waals surface area contributed by atoms with Crippen LogP contribution in [0, 0.1) is 13.8 Å². The third kappa shape index (κ3) is 7.08. The van der Waals surface area contributed by atoms with Gasteiger partial charge in [0.2, 0.25) is 0 Å². The molecule has 3 aromatic rings. The zero-order valence-electron chi connectivity index (χ0n) is 16.7. The molecule has 0 aliphatic rings. The summed E-state index contributed by atoms with van der Waals surface area (Å²) < 4.78 is 1.49. The van der Waals surface area contributed by atoms with Crippen molar-refractivity contribution < 1.29 is 9.59 Å². The summed E-state index contributed by atoms with van der Waals surface area (Å²) in [4.78, 5) is 36.9. The van der Waals surface area contributed by atoms with Crippen molar-refractivity contribution in [1.29, 1.82) is 0 Å². The van der Waals surface area contributed by atoms with E-state index in [9.17, 15) is 4.79 Å². The first-order chi connectivity index (χ1) is 13.6. The average molecular weight is 385 g/mol. The Hall–Kier alpha value is -3.39. The number of hydrogen-bond acceptors (Lipinski definition) is 6. The molecule has 8 nitrogen and oxygen atoms in total. The second kappa shape index (κ2) is 13.8. The van der Waals surface area contributed by atoms with E-state index in [4.69, 9.17) is 9.59 Å². The molecule has 3 aromatic heterocycles. The van der Waals surface area contributed by atoms with Crippen LogP contribution in [0.1, 0.15) is 22.4 Å². The highest BCUT2D eigenvalue weighted by Gasteiger charge is 2.13. The van der Waals surface area contributed by atoms with Crippen LogP contribution >= 0.6 is 0 Å². The van der Waals surface area contributed by atoms with E-state index >= 15 is 0 Å². The molecule has 0 aliphatic heterocycles. The molecule has 0 aromatic carbocycles. The maximum absolute atomic E-state index is 12.6. The molecule has 0 bridgehead atoms. The van der Waals surface area contributed by atoms with Gasteiger partial charge in [0.25, 0.3) is 5.56 Å². The lowest BCUT2D eigenvalue weighted by Crippen LogP contribution is -2.18. The molecule has 0 aliphatic carbocycles. The molecule has 0 saturated carbocycles. The highest BCUT2D eigenvalue weighted by Crippen LogP contribution is 2.10. The van der Waals surface area contributed by atoms with Gasteiger partial charge in [0.05, 0.1) is 0 Å². The molecule has 0 radical (unpaired) electrons. The molecule has 0 spiro atoms. The van der Waals surface area contributed by atoms with E-state index in [0.29, 0.717) is 12.2 Å². The highest BCUT2D eigenvalue weighted by atomic mass is 16.1. The first-order valence-corrected chi connectivity index (χ1v) is 8.35. The van der Waals surface area contributed by atoms with Crippen LogP contribution in [-0.4, -0.2) is 47.4 Å². The van der Waals surface area contributed by atoms with Crippen LogP contribution in [0.2, 0.25) is 0 Å². The Labute approximate surface area is 164 Å². The first kappa shape index (κ1) is 24.6. The minimum atomic E-state index is -0.0623. The van der Waals surface area contributed by atoms with Crippen molar-refractivity contribution >= 4 is 13.6 Å². The van der Waals surface area contributed by atoms with E-state index in [0.717, 1.165) is 22.4 Å². The van der Waals surface area contributed by atoms with E-state index in [1.54, 1.807) is 18.6 Å². The second-order valence-electron chi connectivity index (χ2n) is 5.59. The van der Waals surface area contributed by atoms with Crippen molar-refractivity contribution in [1.82, 2.24) is 25.1 Å². The van der Waals surface area contributed by atoms with Gasteiger partial charge >= 0.3 is 0 Å². The fraction of sp³-hybridized carbons (Fsp3) is 0.250. The van der Waals surface area contributed by atoms with Crippen LogP contribution in [-0.2, 0) is 16.0 Å². The van der Waals surface area contributed by atoms with Crippen molar-refractivity contribution in [3.05, 3.63) is 75.6 Å². The normalized spacial score (nSPS) is 9.00. The Balaban J connectivity index is 0.000000930. The van der Waals surface area contributed by atoms with Gasteiger partial charge in [-0.05, 0) is 51.2 Å². The van der Waals surface area contributed by atoms with E-state index in [1.807, 2.05) is 65.8 Å². The third-order valence-electron chi connectivity index (χ3n) is 3.42. The molecule has 150 valence electrons. The van der Waals surface area contributed by atoms with Crippen molar-refractivity contribution in [2.45, 2.75) is 20.3 Å². The zero-order valence-corrected chi connectivity index (χ0v) is 16.7. The molecular weight excluding hydrogens is 358 g/mol. The van der Waals surface area contributed by atoms with Crippen molar-refractivity contribution in [3.63, 3.8) is 0 Å². The number of nitrogens with zero attached hydrogens (tertiary/aromatic N) is 3. The largest absolute Gasteiger partial charge is 0.323 e. The minimum Gasteiger partial charge on any atom is -0.323 e. The second-order valence-corrected chi connectivity index (χ2v) is 5.59. The average Bonchev–Trinajstić information content (AvgIpc) is 3.01. The van der Waals surface area contributed by atoms with Gasteiger partial charge in [0.1, 0.15) is 13.6 Å². The molecular formula is C20H27N5O3. The number of aromatic nitrogens is 4. The first-order valence-electron chi connectivity index (χ1n) is 8.35. The molecule has 8 heteroatoms. The number of aromatic amines is 1. The van der Waals surface area contributed by atoms with E-state index < -0.39 is 0 Å². The predicted molar refractivity (Wildman–Crippen MR) is 110 cm³/mol. The highest BCUT2D eigenvalue weighted by molar-refractivity contribution is 5.30. The predicted octanol–water partition coefficient (Wildman–Crippen LogP) is 1.63. The number of hydrogen-bond donors (Lipinski definition) is 2. The topological polar surface area (TPSA) is 110 Å². The maximum Gasteiger partial charge on any atom is 0.276 e. The van der Waals surface area contributed by atoms with E-state index in [2.05, 4.69) is 20.4 Å². The van der Waals surface area contributed by atoms with Crippen LogP contribution in [0.4, 0.5) is 0 Å². The van der Waals surface area contributed by atoms with Crippen molar-refractivity contribution in [2.24, 2.45) is 0 Å². The Bertz CT molecular complexity index is 856. The molecule has 0 fully saturated rings. The lowest BCUT2D eigenvalue weighted by molar-refractivity contribution is -0.0987. The van der Waals surface area contributed by atoms with Gasteiger partial charge in [0, 0.05) is 36.3 Å². The Morgan fingerprint density at radius 3 is 2.21 bits per heavy atom. The SMILES string of the molecule is C=O.C=O.CNC.Cc1ccc(-n2[nH]c(C)c(Cc3cccnc3)c2=O)nc1. The van der Waals surface area contributed by atoms with Crippen molar-refractivity contribution in [2.75, 3.05) is 14.1 Å². The monoisotopic (exact) mass is 385 g/mol. The number of pyridine rings is 2. The Morgan fingerprint density at radius 1 is 1.07 bits per heavy atom. The summed E-state index contributed by atoms with van der Waals surface area (Å²) in [7, 11) is 3.75. The summed E-state index contributed by atoms with van der Waals surface area (Å²) in [6, 6.07) is 7.61. The standard InChI is InChI=1S/C16H16N4O.C2H7N.2CH2O/c1-11-5-6-15(18-9-11)20-16(21)14(12(2)19-20)8-13-4-3-7-17-10-13;1-3-2;2*1-2/h3-7,9-10,19H,8H2,1-2H3;3H,1-2H3;2*1H2. The Kier molecular flexibility index (Phi) is 12.1. The molecule has 28 heavy (non-hydrogen) atoms. The van der Waals surface area contributed by atoms with Gasteiger partial charge in [-0.2, -0.15) is 0 Å². The van der Waals surface area contributed by atoms with Gasteiger partial charge < -0.3 is 14.9 Å². The van der Waals surface area contributed by atoms with Gasteiger partial charge in [0.15, 0.2) is 5.82 Å². The summed E-state index contributed by atoms with van der Waals surface area (Å²) >= 11 is 0. The van der Waals surface area contributed by atoms with Crippen molar-refractivity contribution in [3.8, 4) is 5.82 Å². The van der Waals surface area contributed by atoms with Crippen LogP contribution < -0.4 is 10.9 Å². The van der Waals surface area contributed by atoms with Crippen LogP contribution in [0.5, 0.6) is 0 Å². The molecule has 0 atom stereocenters. The van der Waals surface area contributed by atoms with Crippen LogP contribution in [0.25, 0.3) is 5.82 Å². The number of aryl methyl sites for hydroxylation is 2. The molecule has 0 saturated heterocycles. The lowest BCUT2D eigenvalue weighted by atomic mass is 10.1. The summed E-state index contributed by atoms with van der Waals surface area (Å²) in [6.45, 7) is 7.87. The van der Waals surface area contributed by atoms with E-state index in [1.165, 1.54) is 4.68 Å². The molecule has 0 amide bonds. The smallest absolute Gasteiger partial charge is 0.276 e. The number of rotatable bonds is 3. The molecule has 3 rings (SSSR count). The lowest BCUT2D eigenvalue weighted by Gasteiger charge is -2.00. The summed E-state index contributed by atoms with van der Waals surface area (Å²) in [5, 5.41) is 5.84. The number of carbonyl (C=O) groups excluding carboxylic acids is 2. The molecule has 0 unspecified atom stereocenters. The van der Waals surface area contributed by atoms with Gasteiger partial charge in [-0.25, -0.2) is 9.67 Å². The zero-order chi connectivity index (χ0) is 21.5. The number of nitrogens with one attached hydrogen (secondary N) is 2. The van der Waals surface area contributed by atoms with Gasteiger partial charge in [-0.15, -0.1) is 0 Å². The summed E-state index contributed by atoms with van der Waals surface area (Å²) in [5.41, 5.74) is 3.61.